The highest BCUT2D eigenvalue weighted by atomic mass is 16.5. The van der Waals surface area contributed by atoms with E-state index in [0.29, 0.717) is 48.4 Å². The molecule has 1 fully saturated rings. The molecule has 33 heavy (non-hydrogen) atoms. The van der Waals surface area contributed by atoms with E-state index < -0.39 is 5.91 Å². The number of carbonyl (C=O) groups excluding carboxylic acids is 2. The van der Waals surface area contributed by atoms with Crippen molar-refractivity contribution in [1.29, 1.82) is 0 Å². The summed E-state index contributed by atoms with van der Waals surface area (Å²) in [4.78, 5) is 40.6. The SMILES string of the molecule is Cc1nn(CC(=O)Nc2c(C(=O)N3CCOCC3)oc3ccccc23)c(=O)c2ccccc12. The number of fused-ring (bicyclic) bond motifs is 2. The number of benzene rings is 2. The lowest BCUT2D eigenvalue weighted by Crippen LogP contribution is -2.40. The van der Waals surface area contributed by atoms with Gasteiger partial charge in [-0.05, 0) is 25.1 Å². The quantitative estimate of drug-likeness (QED) is 0.516. The van der Waals surface area contributed by atoms with Crippen LogP contribution in [-0.2, 0) is 16.1 Å². The van der Waals surface area contributed by atoms with Crippen LogP contribution in [0, 0.1) is 6.92 Å². The largest absolute Gasteiger partial charge is 0.449 e. The van der Waals surface area contributed by atoms with E-state index in [4.69, 9.17) is 9.15 Å². The van der Waals surface area contributed by atoms with Gasteiger partial charge in [0.15, 0.2) is 0 Å². The van der Waals surface area contributed by atoms with Gasteiger partial charge in [-0.2, -0.15) is 5.10 Å². The summed E-state index contributed by atoms with van der Waals surface area (Å²) >= 11 is 0. The van der Waals surface area contributed by atoms with Crippen molar-refractivity contribution in [2.45, 2.75) is 13.5 Å². The Hall–Kier alpha value is -3.98. The highest BCUT2D eigenvalue weighted by Gasteiger charge is 2.27. The predicted octanol–water partition coefficient (Wildman–Crippen LogP) is 2.56. The summed E-state index contributed by atoms with van der Waals surface area (Å²) in [6.07, 6.45) is 0. The van der Waals surface area contributed by atoms with E-state index in [1.165, 1.54) is 0 Å². The Morgan fingerprint density at radius 1 is 1.00 bits per heavy atom. The van der Waals surface area contributed by atoms with Crippen molar-refractivity contribution in [1.82, 2.24) is 14.7 Å². The lowest BCUT2D eigenvalue weighted by atomic mass is 10.1. The molecule has 2 aromatic heterocycles. The number of aromatic nitrogens is 2. The number of furan rings is 1. The Morgan fingerprint density at radius 2 is 1.67 bits per heavy atom. The van der Waals surface area contributed by atoms with Crippen LogP contribution in [0.3, 0.4) is 0 Å². The van der Waals surface area contributed by atoms with Crippen LogP contribution in [0.15, 0.2) is 57.7 Å². The van der Waals surface area contributed by atoms with Crippen LogP contribution < -0.4 is 10.9 Å². The molecule has 9 nitrogen and oxygen atoms in total. The fourth-order valence-electron chi connectivity index (χ4n) is 4.06. The topological polar surface area (TPSA) is 107 Å². The Kier molecular flexibility index (Phi) is 5.39. The molecule has 1 N–H and O–H groups in total. The minimum Gasteiger partial charge on any atom is -0.449 e. The summed E-state index contributed by atoms with van der Waals surface area (Å²) < 4.78 is 12.3. The second-order valence-corrected chi connectivity index (χ2v) is 7.85. The Labute approximate surface area is 188 Å². The molecule has 0 bridgehead atoms. The van der Waals surface area contributed by atoms with Gasteiger partial charge in [0.2, 0.25) is 11.7 Å². The Morgan fingerprint density at radius 3 is 2.42 bits per heavy atom. The molecule has 2 amide bonds. The number of anilines is 1. The van der Waals surface area contributed by atoms with Gasteiger partial charge in [-0.3, -0.25) is 14.4 Å². The lowest BCUT2D eigenvalue weighted by molar-refractivity contribution is -0.117. The first-order chi connectivity index (χ1) is 16.0. The molecule has 4 aromatic rings. The zero-order valence-corrected chi connectivity index (χ0v) is 18.0. The summed E-state index contributed by atoms with van der Waals surface area (Å²) in [5.41, 5.74) is 1.07. The zero-order chi connectivity index (χ0) is 22.9. The summed E-state index contributed by atoms with van der Waals surface area (Å²) in [5.74, 6) is -0.745. The van der Waals surface area contributed by atoms with Gasteiger partial charge < -0.3 is 19.4 Å². The second kappa shape index (κ2) is 8.51. The number of aryl methyl sites for hydroxylation is 1. The number of nitrogens with zero attached hydrogens (tertiary/aromatic N) is 3. The van der Waals surface area contributed by atoms with E-state index in [9.17, 15) is 14.4 Å². The van der Waals surface area contributed by atoms with E-state index in [0.717, 1.165) is 10.1 Å². The molecular formula is C24H22N4O5. The van der Waals surface area contributed by atoms with Crippen LogP contribution in [0.25, 0.3) is 21.7 Å². The molecular weight excluding hydrogens is 424 g/mol. The number of hydrogen-bond acceptors (Lipinski definition) is 6. The summed E-state index contributed by atoms with van der Waals surface area (Å²) in [7, 11) is 0. The monoisotopic (exact) mass is 446 g/mol. The number of ether oxygens (including phenoxy) is 1. The second-order valence-electron chi connectivity index (χ2n) is 7.85. The van der Waals surface area contributed by atoms with Gasteiger partial charge in [-0.1, -0.05) is 30.3 Å². The Bertz CT molecular complexity index is 1430. The smallest absolute Gasteiger partial charge is 0.291 e. The first kappa shape index (κ1) is 20.9. The molecule has 0 aliphatic carbocycles. The van der Waals surface area contributed by atoms with Crippen LogP contribution in [0.5, 0.6) is 0 Å². The molecule has 9 heteroatoms. The van der Waals surface area contributed by atoms with Crippen LogP contribution in [0.2, 0.25) is 0 Å². The molecule has 168 valence electrons. The standard InChI is InChI=1S/C24H22N4O5/c1-15-16-6-2-3-7-17(16)23(30)28(26-15)14-20(29)25-21-18-8-4-5-9-19(18)33-22(21)24(31)27-10-12-32-13-11-27/h2-9H,10-14H2,1H3,(H,25,29). The van der Waals surface area contributed by atoms with Gasteiger partial charge in [0.05, 0.1) is 24.3 Å². The lowest BCUT2D eigenvalue weighted by Gasteiger charge is -2.26. The Balaban J connectivity index is 1.47. The third-order valence-electron chi connectivity index (χ3n) is 5.70. The van der Waals surface area contributed by atoms with Gasteiger partial charge in [-0.25, -0.2) is 4.68 Å². The minimum atomic E-state index is -0.484. The number of hydrogen-bond donors (Lipinski definition) is 1. The van der Waals surface area contributed by atoms with Crippen molar-refractivity contribution < 1.29 is 18.7 Å². The van der Waals surface area contributed by atoms with Crippen LogP contribution in [0.4, 0.5) is 5.69 Å². The van der Waals surface area contributed by atoms with Crippen molar-refractivity contribution in [3.63, 3.8) is 0 Å². The van der Waals surface area contributed by atoms with E-state index in [2.05, 4.69) is 10.4 Å². The maximum absolute atomic E-state index is 13.1. The third-order valence-corrected chi connectivity index (χ3v) is 5.70. The predicted molar refractivity (Wildman–Crippen MR) is 122 cm³/mol. The van der Waals surface area contributed by atoms with Crippen LogP contribution in [0.1, 0.15) is 16.2 Å². The molecule has 2 aromatic carbocycles. The minimum absolute atomic E-state index is 0.0569. The molecule has 1 saturated heterocycles. The van der Waals surface area contributed by atoms with Crippen molar-refractivity contribution in [3.05, 3.63) is 70.3 Å². The van der Waals surface area contributed by atoms with Gasteiger partial charge in [0, 0.05) is 23.9 Å². The van der Waals surface area contributed by atoms with Gasteiger partial charge in [-0.15, -0.1) is 0 Å². The number of morpholine rings is 1. The molecule has 0 spiro atoms. The van der Waals surface area contributed by atoms with E-state index in [-0.39, 0.29) is 29.5 Å². The molecule has 1 aliphatic rings. The number of rotatable bonds is 4. The molecule has 0 atom stereocenters. The maximum atomic E-state index is 13.1. The number of carbonyl (C=O) groups is 2. The van der Waals surface area contributed by atoms with Crippen molar-refractivity contribution in [2.24, 2.45) is 0 Å². The first-order valence-electron chi connectivity index (χ1n) is 10.7. The third kappa shape index (κ3) is 3.87. The summed E-state index contributed by atoms with van der Waals surface area (Å²) in [6.45, 7) is 3.28. The van der Waals surface area contributed by atoms with Crippen molar-refractivity contribution in [2.75, 3.05) is 31.6 Å². The van der Waals surface area contributed by atoms with E-state index in [1.807, 2.05) is 12.1 Å². The molecule has 1 aliphatic heterocycles. The van der Waals surface area contributed by atoms with Crippen LogP contribution in [-0.4, -0.2) is 52.8 Å². The number of amides is 2. The fraction of sp³-hybridized carbons (Fsp3) is 0.250. The van der Waals surface area contributed by atoms with E-state index >= 15 is 0 Å². The average Bonchev–Trinajstić information content (AvgIpc) is 3.20. The normalized spacial score (nSPS) is 14.0. The highest BCUT2D eigenvalue weighted by molar-refractivity contribution is 6.10. The molecule has 0 unspecified atom stereocenters. The zero-order valence-electron chi connectivity index (χ0n) is 18.0. The average molecular weight is 446 g/mol. The van der Waals surface area contributed by atoms with Gasteiger partial charge in [0.1, 0.15) is 17.8 Å². The van der Waals surface area contributed by atoms with Gasteiger partial charge >= 0.3 is 0 Å². The summed E-state index contributed by atoms with van der Waals surface area (Å²) in [6, 6.07) is 14.2. The molecule has 3 heterocycles. The van der Waals surface area contributed by atoms with Gasteiger partial charge in [0.25, 0.3) is 11.5 Å². The maximum Gasteiger partial charge on any atom is 0.291 e. The van der Waals surface area contributed by atoms with E-state index in [1.54, 1.807) is 48.2 Å². The fourth-order valence-corrected chi connectivity index (χ4v) is 4.06. The number of nitrogens with one attached hydrogen (secondary N) is 1. The van der Waals surface area contributed by atoms with Crippen molar-refractivity contribution >= 4 is 39.2 Å². The molecule has 5 rings (SSSR count). The van der Waals surface area contributed by atoms with Crippen LogP contribution >= 0.6 is 0 Å². The highest BCUT2D eigenvalue weighted by Crippen LogP contribution is 2.32. The molecule has 0 saturated carbocycles. The first-order valence-corrected chi connectivity index (χ1v) is 10.7. The molecule has 0 radical (unpaired) electrons. The summed E-state index contributed by atoms with van der Waals surface area (Å²) in [5, 5.41) is 8.93. The van der Waals surface area contributed by atoms with Crippen molar-refractivity contribution in [3.8, 4) is 0 Å². The number of para-hydroxylation sites is 1.